The van der Waals surface area contributed by atoms with Crippen molar-refractivity contribution in [1.82, 2.24) is 19.7 Å². The molecule has 1 saturated heterocycles. The Bertz CT molecular complexity index is 788. The zero-order valence-electron chi connectivity index (χ0n) is 15.0. The van der Waals surface area contributed by atoms with Crippen LogP contribution in [0.3, 0.4) is 0 Å². The van der Waals surface area contributed by atoms with Crippen molar-refractivity contribution in [2.75, 3.05) is 6.54 Å². The molecule has 6 heteroatoms. The Morgan fingerprint density at radius 3 is 2.88 bits per heavy atom. The molecule has 1 fully saturated rings. The van der Waals surface area contributed by atoms with E-state index < -0.39 is 0 Å². The van der Waals surface area contributed by atoms with Gasteiger partial charge in [0, 0.05) is 31.0 Å². The highest BCUT2D eigenvalue weighted by atomic mass is 35.5. The Balaban J connectivity index is 1.47. The fraction of sp³-hybridized carbons (Fsp3) is 0.550. The van der Waals surface area contributed by atoms with E-state index in [-0.39, 0.29) is 11.9 Å². The van der Waals surface area contributed by atoms with Gasteiger partial charge in [-0.3, -0.25) is 4.79 Å². The van der Waals surface area contributed by atoms with Gasteiger partial charge in [-0.25, -0.2) is 0 Å². The van der Waals surface area contributed by atoms with Gasteiger partial charge in [-0.05, 0) is 43.7 Å². The van der Waals surface area contributed by atoms with Crippen molar-refractivity contribution in [1.29, 1.82) is 0 Å². The van der Waals surface area contributed by atoms with Crippen LogP contribution in [0.1, 0.15) is 61.8 Å². The van der Waals surface area contributed by atoms with E-state index in [0.717, 1.165) is 54.6 Å². The van der Waals surface area contributed by atoms with Crippen molar-refractivity contribution >= 4 is 17.5 Å². The van der Waals surface area contributed by atoms with Crippen LogP contribution in [0.15, 0.2) is 24.3 Å². The predicted molar refractivity (Wildman–Crippen MR) is 101 cm³/mol. The molecular weight excluding hydrogens is 348 g/mol. The monoisotopic (exact) mass is 372 g/mol. The summed E-state index contributed by atoms with van der Waals surface area (Å²) in [5.74, 6) is 2.27. The standard InChI is InChI=1S/C20H25ClN4O/c21-16-8-4-3-7-15(16)11-12-19(26)24-14-6-9-17(24)20-23-22-18-10-2-1-5-13-25(18)20/h3-4,7-8,17H,1-2,5-6,9-14H2/t17-/m1/s1. The molecule has 1 aromatic carbocycles. The van der Waals surface area contributed by atoms with Gasteiger partial charge in [0.2, 0.25) is 5.91 Å². The van der Waals surface area contributed by atoms with E-state index in [4.69, 9.17) is 11.6 Å². The lowest BCUT2D eigenvalue weighted by atomic mass is 10.1. The quantitative estimate of drug-likeness (QED) is 0.816. The molecule has 3 heterocycles. The van der Waals surface area contributed by atoms with Crippen LogP contribution in [0.2, 0.25) is 5.02 Å². The molecule has 0 saturated carbocycles. The highest BCUT2D eigenvalue weighted by Crippen LogP contribution is 2.33. The zero-order valence-corrected chi connectivity index (χ0v) is 15.8. The lowest BCUT2D eigenvalue weighted by Gasteiger charge is -2.25. The molecule has 26 heavy (non-hydrogen) atoms. The highest BCUT2D eigenvalue weighted by molar-refractivity contribution is 6.31. The normalized spacial score (nSPS) is 20.0. The molecule has 1 amide bonds. The van der Waals surface area contributed by atoms with Crippen LogP contribution in [-0.4, -0.2) is 32.1 Å². The van der Waals surface area contributed by atoms with E-state index in [1.54, 1.807) is 0 Å². The molecule has 138 valence electrons. The van der Waals surface area contributed by atoms with Gasteiger partial charge in [-0.2, -0.15) is 0 Å². The first-order valence-electron chi connectivity index (χ1n) is 9.69. The molecule has 0 spiro atoms. The SMILES string of the molecule is O=C(CCc1ccccc1Cl)N1CCC[C@@H]1c1nnc2n1CCCCC2. The lowest BCUT2D eigenvalue weighted by Crippen LogP contribution is -2.32. The molecule has 2 aromatic rings. The molecule has 2 aliphatic rings. The maximum absolute atomic E-state index is 12.9. The van der Waals surface area contributed by atoms with Crippen molar-refractivity contribution in [3.8, 4) is 0 Å². The Kier molecular flexibility index (Phi) is 5.25. The number of amides is 1. The van der Waals surface area contributed by atoms with E-state index in [1.165, 1.54) is 19.3 Å². The van der Waals surface area contributed by atoms with E-state index in [9.17, 15) is 4.79 Å². The van der Waals surface area contributed by atoms with Gasteiger partial charge in [-0.1, -0.05) is 36.2 Å². The average Bonchev–Trinajstić information content (AvgIpc) is 3.21. The summed E-state index contributed by atoms with van der Waals surface area (Å²) in [7, 11) is 0. The number of fused-ring (bicyclic) bond motifs is 1. The smallest absolute Gasteiger partial charge is 0.223 e. The number of carbonyl (C=O) groups excluding carboxylic acids is 1. The number of aromatic nitrogens is 3. The number of benzene rings is 1. The minimum absolute atomic E-state index is 0.0769. The van der Waals surface area contributed by atoms with Crippen molar-refractivity contribution < 1.29 is 4.79 Å². The Morgan fingerprint density at radius 2 is 2.00 bits per heavy atom. The molecule has 0 aliphatic carbocycles. The number of likely N-dealkylation sites (tertiary alicyclic amines) is 1. The van der Waals surface area contributed by atoms with Crippen LogP contribution in [0.4, 0.5) is 0 Å². The number of nitrogens with zero attached hydrogens (tertiary/aromatic N) is 4. The summed E-state index contributed by atoms with van der Waals surface area (Å²) in [4.78, 5) is 14.9. The van der Waals surface area contributed by atoms with Crippen LogP contribution in [0.5, 0.6) is 0 Å². The third-order valence-electron chi connectivity index (χ3n) is 5.58. The number of hydrogen-bond donors (Lipinski definition) is 0. The van der Waals surface area contributed by atoms with E-state index in [2.05, 4.69) is 14.8 Å². The first kappa shape index (κ1) is 17.5. The predicted octanol–water partition coefficient (Wildman–Crippen LogP) is 3.95. The molecule has 0 radical (unpaired) electrons. The summed E-state index contributed by atoms with van der Waals surface area (Å²) in [5, 5.41) is 9.64. The summed E-state index contributed by atoms with van der Waals surface area (Å²) in [6.07, 6.45) is 7.78. The summed E-state index contributed by atoms with van der Waals surface area (Å²) in [6, 6.07) is 7.84. The Labute approximate surface area is 159 Å². The molecule has 1 atom stereocenters. The Hall–Kier alpha value is -1.88. The van der Waals surface area contributed by atoms with Gasteiger partial charge in [0.05, 0.1) is 6.04 Å². The van der Waals surface area contributed by atoms with Gasteiger partial charge < -0.3 is 9.47 Å². The fourth-order valence-corrected chi connectivity index (χ4v) is 4.40. The van der Waals surface area contributed by atoms with Crippen molar-refractivity contribution in [3.63, 3.8) is 0 Å². The van der Waals surface area contributed by atoms with Gasteiger partial charge >= 0.3 is 0 Å². The summed E-state index contributed by atoms with van der Waals surface area (Å²) >= 11 is 6.23. The average molecular weight is 373 g/mol. The van der Waals surface area contributed by atoms with Crippen LogP contribution in [0, 0.1) is 0 Å². The largest absolute Gasteiger partial charge is 0.332 e. The number of carbonyl (C=O) groups is 1. The number of hydrogen-bond acceptors (Lipinski definition) is 3. The van der Waals surface area contributed by atoms with Gasteiger partial charge in [0.25, 0.3) is 0 Å². The molecule has 0 bridgehead atoms. The lowest BCUT2D eigenvalue weighted by molar-refractivity contribution is -0.132. The minimum Gasteiger partial charge on any atom is -0.332 e. The maximum atomic E-state index is 12.9. The van der Waals surface area contributed by atoms with Gasteiger partial charge in [0.15, 0.2) is 5.82 Å². The fourth-order valence-electron chi connectivity index (χ4n) is 4.17. The second-order valence-electron chi connectivity index (χ2n) is 7.27. The molecule has 0 N–H and O–H groups in total. The van der Waals surface area contributed by atoms with E-state index in [0.29, 0.717) is 12.8 Å². The zero-order chi connectivity index (χ0) is 17.9. The number of halogens is 1. The van der Waals surface area contributed by atoms with Crippen molar-refractivity contribution in [3.05, 3.63) is 46.5 Å². The minimum atomic E-state index is 0.0769. The second-order valence-corrected chi connectivity index (χ2v) is 7.68. The van der Waals surface area contributed by atoms with Crippen LogP contribution < -0.4 is 0 Å². The van der Waals surface area contributed by atoms with Crippen molar-refractivity contribution in [2.24, 2.45) is 0 Å². The topological polar surface area (TPSA) is 51.0 Å². The first-order chi connectivity index (χ1) is 12.7. The van der Waals surface area contributed by atoms with E-state index in [1.807, 2.05) is 29.2 Å². The number of rotatable bonds is 4. The molecule has 5 nitrogen and oxygen atoms in total. The van der Waals surface area contributed by atoms with Gasteiger partial charge in [0.1, 0.15) is 5.82 Å². The molecular formula is C20H25ClN4O. The third-order valence-corrected chi connectivity index (χ3v) is 5.94. The van der Waals surface area contributed by atoms with Crippen LogP contribution in [0.25, 0.3) is 0 Å². The van der Waals surface area contributed by atoms with Crippen LogP contribution in [-0.2, 0) is 24.2 Å². The molecule has 2 aliphatic heterocycles. The molecule has 1 aromatic heterocycles. The highest BCUT2D eigenvalue weighted by Gasteiger charge is 2.34. The molecule has 4 rings (SSSR count). The summed E-state index contributed by atoms with van der Waals surface area (Å²) in [5.41, 5.74) is 1.04. The summed E-state index contributed by atoms with van der Waals surface area (Å²) in [6.45, 7) is 1.80. The second kappa shape index (κ2) is 7.78. The maximum Gasteiger partial charge on any atom is 0.223 e. The number of aryl methyl sites for hydroxylation is 2. The van der Waals surface area contributed by atoms with Crippen molar-refractivity contribution in [2.45, 2.75) is 64.0 Å². The first-order valence-corrected chi connectivity index (χ1v) is 10.1. The third kappa shape index (κ3) is 3.50. The summed E-state index contributed by atoms with van der Waals surface area (Å²) < 4.78 is 2.28. The van der Waals surface area contributed by atoms with Gasteiger partial charge in [-0.15, -0.1) is 10.2 Å². The molecule has 0 unspecified atom stereocenters. The Morgan fingerprint density at radius 1 is 1.12 bits per heavy atom. The van der Waals surface area contributed by atoms with Crippen LogP contribution >= 0.6 is 11.6 Å². The van der Waals surface area contributed by atoms with E-state index >= 15 is 0 Å².